The van der Waals surface area contributed by atoms with Crippen LogP contribution in [-0.4, -0.2) is 31.6 Å². The van der Waals surface area contributed by atoms with E-state index in [0.29, 0.717) is 16.9 Å². The van der Waals surface area contributed by atoms with Crippen molar-refractivity contribution in [3.05, 3.63) is 71.9 Å². The van der Waals surface area contributed by atoms with Gasteiger partial charge in [0.2, 0.25) is 11.8 Å². The lowest BCUT2D eigenvalue weighted by molar-refractivity contribution is -0.113. The van der Waals surface area contributed by atoms with Crippen molar-refractivity contribution in [3.8, 4) is 17.1 Å². The summed E-state index contributed by atoms with van der Waals surface area (Å²) in [5.41, 5.74) is 3.66. The van der Waals surface area contributed by atoms with Crippen molar-refractivity contribution >= 4 is 23.5 Å². The number of aryl methyl sites for hydroxylation is 2. The molecule has 0 radical (unpaired) electrons. The Bertz CT molecular complexity index is 1140. The van der Waals surface area contributed by atoms with Crippen LogP contribution in [0.2, 0.25) is 0 Å². The highest BCUT2D eigenvalue weighted by molar-refractivity contribution is 7.99. The van der Waals surface area contributed by atoms with Gasteiger partial charge in [-0.3, -0.25) is 4.79 Å². The number of carbonyl (C=O) groups excluding carboxylic acids is 1. The maximum Gasteiger partial charge on any atom is 0.277 e. The largest absolute Gasteiger partial charge is 0.411 e. The molecule has 7 nitrogen and oxygen atoms in total. The van der Waals surface area contributed by atoms with Gasteiger partial charge in [0.1, 0.15) is 5.82 Å². The molecular weight excluding hydrogens is 386 g/mol. The predicted molar refractivity (Wildman–Crippen MR) is 112 cm³/mol. The summed E-state index contributed by atoms with van der Waals surface area (Å²) in [5, 5.41) is 15.8. The second kappa shape index (κ2) is 8.32. The van der Waals surface area contributed by atoms with Gasteiger partial charge in [-0.2, -0.15) is 5.10 Å². The molecule has 0 saturated heterocycles. The molecule has 1 amide bonds. The normalized spacial score (nSPS) is 10.8. The first kappa shape index (κ1) is 18.9. The third-order valence-electron chi connectivity index (χ3n) is 4.10. The summed E-state index contributed by atoms with van der Waals surface area (Å²) in [7, 11) is 0. The van der Waals surface area contributed by atoms with E-state index in [0.717, 1.165) is 22.5 Å². The second-order valence-corrected chi connectivity index (χ2v) is 7.42. The van der Waals surface area contributed by atoms with Gasteiger partial charge in [-0.15, -0.1) is 10.2 Å². The summed E-state index contributed by atoms with van der Waals surface area (Å²) < 4.78 is 7.37. The molecule has 8 heteroatoms. The van der Waals surface area contributed by atoms with Crippen LogP contribution in [0.25, 0.3) is 17.1 Å². The van der Waals surface area contributed by atoms with E-state index in [1.807, 2.05) is 74.5 Å². The Hall–Kier alpha value is -3.39. The van der Waals surface area contributed by atoms with Crippen LogP contribution < -0.4 is 5.32 Å². The number of aromatic nitrogens is 4. The van der Waals surface area contributed by atoms with E-state index in [1.165, 1.54) is 11.8 Å². The zero-order chi connectivity index (χ0) is 20.2. The number of para-hydroxylation sites is 1. The van der Waals surface area contributed by atoms with Gasteiger partial charge in [0.15, 0.2) is 0 Å². The van der Waals surface area contributed by atoms with Gasteiger partial charge in [0.25, 0.3) is 5.22 Å². The van der Waals surface area contributed by atoms with Crippen LogP contribution in [0.5, 0.6) is 0 Å². The van der Waals surface area contributed by atoms with Crippen LogP contribution in [0.15, 0.2) is 70.3 Å². The lowest BCUT2D eigenvalue weighted by atomic mass is 10.1. The van der Waals surface area contributed by atoms with E-state index >= 15 is 0 Å². The van der Waals surface area contributed by atoms with E-state index in [1.54, 1.807) is 4.68 Å². The number of hydrogen-bond donors (Lipinski definition) is 1. The Balaban J connectivity index is 1.40. The number of nitrogens with one attached hydrogen (secondary N) is 1. The van der Waals surface area contributed by atoms with Gasteiger partial charge in [-0.25, -0.2) is 4.68 Å². The third-order valence-corrected chi connectivity index (χ3v) is 4.92. The molecule has 0 aliphatic heterocycles. The Kier molecular flexibility index (Phi) is 5.44. The van der Waals surface area contributed by atoms with Crippen molar-refractivity contribution in [2.24, 2.45) is 0 Å². The molecule has 4 aromatic rings. The molecule has 0 spiro atoms. The van der Waals surface area contributed by atoms with Crippen molar-refractivity contribution < 1.29 is 9.21 Å². The molecule has 1 N–H and O–H groups in total. The molecule has 29 heavy (non-hydrogen) atoms. The summed E-state index contributed by atoms with van der Waals surface area (Å²) in [6.45, 7) is 3.89. The molecule has 0 aliphatic rings. The zero-order valence-electron chi connectivity index (χ0n) is 16.0. The van der Waals surface area contributed by atoms with Crippen molar-refractivity contribution in [2.45, 2.75) is 19.1 Å². The van der Waals surface area contributed by atoms with Crippen molar-refractivity contribution in [1.82, 2.24) is 20.0 Å². The first-order valence-electron chi connectivity index (χ1n) is 9.04. The van der Waals surface area contributed by atoms with Gasteiger partial charge < -0.3 is 9.73 Å². The molecule has 4 rings (SSSR count). The summed E-state index contributed by atoms with van der Waals surface area (Å²) in [5.74, 6) is 1.02. The topological polar surface area (TPSA) is 85.8 Å². The molecule has 0 bridgehead atoms. The molecular formula is C21H19N5O2S. The van der Waals surface area contributed by atoms with Crippen LogP contribution >= 0.6 is 11.8 Å². The maximum atomic E-state index is 12.4. The number of anilines is 1. The average Bonchev–Trinajstić information content (AvgIpc) is 3.34. The molecule has 2 aromatic carbocycles. The van der Waals surface area contributed by atoms with Crippen molar-refractivity contribution in [1.29, 1.82) is 0 Å². The van der Waals surface area contributed by atoms with Crippen LogP contribution in [0.1, 0.15) is 11.3 Å². The van der Waals surface area contributed by atoms with E-state index < -0.39 is 0 Å². The summed E-state index contributed by atoms with van der Waals surface area (Å²) in [6, 6.07) is 19.3. The van der Waals surface area contributed by atoms with Crippen LogP contribution in [0.3, 0.4) is 0 Å². The number of nitrogens with zero attached hydrogens (tertiary/aromatic N) is 4. The molecule has 0 unspecified atom stereocenters. The minimum Gasteiger partial charge on any atom is -0.411 e. The van der Waals surface area contributed by atoms with E-state index in [2.05, 4.69) is 20.6 Å². The monoisotopic (exact) mass is 405 g/mol. The fraction of sp³-hybridized carbons (Fsp3) is 0.143. The first-order chi connectivity index (χ1) is 14.1. The van der Waals surface area contributed by atoms with Crippen LogP contribution in [0.4, 0.5) is 5.82 Å². The van der Waals surface area contributed by atoms with Crippen LogP contribution in [-0.2, 0) is 4.79 Å². The quantitative estimate of drug-likeness (QED) is 0.482. The van der Waals surface area contributed by atoms with Gasteiger partial charge in [0, 0.05) is 11.6 Å². The fourth-order valence-electron chi connectivity index (χ4n) is 2.82. The maximum absolute atomic E-state index is 12.4. The first-order valence-corrected chi connectivity index (χ1v) is 10.0. The number of thioether (sulfide) groups is 1. The van der Waals surface area contributed by atoms with Gasteiger partial charge in [-0.05, 0) is 38.1 Å². The molecule has 2 aromatic heterocycles. The Morgan fingerprint density at radius 3 is 2.69 bits per heavy atom. The minimum absolute atomic E-state index is 0.147. The smallest absolute Gasteiger partial charge is 0.277 e. The average molecular weight is 405 g/mol. The number of carbonyl (C=O) groups is 1. The Morgan fingerprint density at radius 1 is 1.07 bits per heavy atom. The standard InChI is InChI=1S/C21H19N5O2S/c1-14-7-6-8-16(11-14)20-23-24-21(28-20)29-13-19(27)22-18-12-15(2)25-26(18)17-9-4-3-5-10-17/h3-12H,13H2,1-2H3,(H,22,27). The molecule has 2 heterocycles. The SMILES string of the molecule is Cc1cccc(-c2nnc(SCC(=O)Nc3cc(C)nn3-c3ccccc3)o2)c1. The highest BCUT2D eigenvalue weighted by Crippen LogP contribution is 2.24. The number of hydrogen-bond acceptors (Lipinski definition) is 6. The number of benzene rings is 2. The molecule has 0 aliphatic carbocycles. The summed E-state index contributed by atoms with van der Waals surface area (Å²) >= 11 is 1.19. The van der Waals surface area contributed by atoms with Gasteiger partial charge in [-0.1, -0.05) is 47.7 Å². The molecule has 0 saturated carbocycles. The Labute approximate surface area is 172 Å². The van der Waals surface area contributed by atoms with E-state index in [-0.39, 0.29) is 11.7 Å². The van der Waals surface area contributed by atoms with E-state index in [9.17, 15) is 4.79 Å². The molecule has 146 valence electrons. The van der Waals surface area contributed by atoms with E-state index in [4.69, 9.17) is 4.42 Å². The van der Waals surface area contributed by atoms with Gasteiger partial charge in [0.05, 0.1) is 17.1 Å². The van der Waals surface area contributed by atoms with Crippen LogP contribution in [0, 0.1) is 13.8 Å². The molecule has 0 fully saturated rings. The number of rotatable bonds is 6. The lowest BCUT2D eigenvalue weighted by Crippen LogP contribution is -2.16. The van der Waals surface area contributed by atoms with Crippen molar-refractivity contribution in [3.63, 3.8) is 0 Å². The summed E-state index contributed by atoms with van der Waals surface area (Å²) in [4.78, 5) is 12.4. The minimum atomic E-state index is -0.178. The highest BCUT2D eigenvalue weighted by atomic mass is 32.2. The second-order valence-electron chi connectivity index (χ2n) is 6.50. The third kappa shape index (κ3) is 4.55. The number of amides is 1. The lowest BCUT2D eigenvalue weighted by Gasteiger charge is -2.08. The van der Waals surface area contributed by atoms with Crippen molar-refractivity contribution in [2.75, 3.05) is 11.1 Å². The molecule has 0 atom stereocenters. The summed E-state index contributed by atoms with van der Waals surface area (Å²) in [6.07, 6.45) is 0. The zero-order valence-corrected chi connectivity index (χ0v) is 16.8. The van der Waals surface area contributed by atoms with Gasteiger partial charge >= 0.3 is 0 Å². The fourth-order valence-corrected chi connectivity index (χ4v) is 3.39. The highest BCUT2D eigenvalue weighted by Gasteiger charge is 2.14. The Morgan fingerprint density at radius 2 is 1.90 bits per heavy atom. The predicted octanol–water partition coefficient (Wildman–Crippen LogP) is 4.27.